The van der Waals surface area contributed by atoms with Crippen molar-refractivity contribution in [2.45, 2.75) is 0 Å². The van der Waals surface area contributed by atoms with Crippen LogP contribution in [0.15, 0.2) is 54.7 Å². The summed E-state index contributed by atoms with van der Waals surface area (Å²) in [6.07, 6.45) is 2.13. The number of hydrogen-bond acceptors (Lipinski definition) is 2. The Morgan fingerprint density at radius 3 is 2.50 bits per heavy atom. The van der Waals surface area contributed by atoms with Crippen LogP contribution in [0.2, 0.25) is 0 Å². The van der Waals surface area contributed by atoms with Gasteiger partial charge in [0.05, 0.1) is 11.2 Å². The lowest BCUT2D eigenvalue weighted by atomic mass is 10.2. The molecular formula is C18H18FN3. The van der Waals surface area contributed by atoms with Gasteiger partial charge in [-0.15, -0.1) is 0 Å². The standard InChI is InChI=1S/C18H18FN3/c19-14-6-7-16-17(12-14)22(15-4-2-1-3-5-15)13-18(16)21-10-8-20-9-11-21/h1-7,12-13,20H,8-11H2. The smallest absolute Gasteiger partial charge is 0.125 e. The topological polar surface area (TPSA) is 20.2 Å². The van der Waals surface area contributed by atoms with Crippen LogP contribution in [-0.2, 0) is 0 Å². The molecular weight excluding hydrogens is 277 g/mol. The highest BCUT2D eigenvalue weighted by Crippen LogP contribution is 2.32. The highest BCUT2D eigenvalue weighted by Gasteiger charge is 2.17. The van der Waals surface area contributed by atoms with Crippen LogP contribution >= 0.6 is 0 Å². The minimum atomic E-state index is -0.199. The van der Waals surface area contributed by atoms with Crippen LogP contribution < -0.4 is 10.2 Å². The molecule has 1 saturated heterocycles. The zero-order valence-corrected chi connectivity index (χ0v) is 12.3. The lowest BCUT2D eigenvalue weighted by Crippen LogP contribution is -2.43. The number of fused-ring (bicyclic) bond motifs is 1. The summed E-state index contributed by atoms with van der Waals surface area (Å²) >= 11 is 0. The summed E-state index contributed by atoms with van der Waals surface area (Å²) in [6.45, 7) is 3.93. The minimum absolute atomic E-state index is 0.199. The summed E-state index contributed by atoms with van der Waals surface area (Å²) in [6, 6.07) is 15.2. The molecule has 0 amide bonds. The molecule has 0 radical (unpaired) electrons. The second kappa shape index (κ2) is 5.46. The summed E-state index contributed by atoms with van der Waals surface area (Å²) in [5.74, 6) is -0.199. The first kappa shape index (κ1) is 13.3. The van der Waals surface area contributed by atoms with E-state index in [4.69, 9.17) is 0 Å². The molecule has 1 aliphatic rings. The number of halogens is 1. The van der Waals surface area contributed by atoms with Crippen molar-refractivity contribution in [3.63, 3.8) is 0 Å². The Balaban J connectivity index is 1.91. The Morgan fingerprint density at radius 2 is 1.73 bits per heavy atom. The molecule has 4 rings (SSSR count). The average molecular weight is 295 g/mol. The van der Waals surface area contributed by atoms with Gasteiger partial charge in [0.2, 0.25) is 0 Å². The van der Waals surface area contributed by atoms with E-state index >= 15 is 0 Å². The molecule has 2 heterocycles. The van der Waals surface area contributed by atoms with Gasteiger partial charge in [0.1, 0.15) is 5.82 Å². The van der Waals surface area contributed by atoms with Crippen LogP contribution in [0.1, 0.15) is 0 Å². The summed E-state index contributed by atoms with van der Waals surface area (Å²) in [4.78, 5) is 2.37. The van der Waals surface area contributed by atoms with E-state index in [0.717, 1.165) is 42.8 Å². The van der Waals surface area contributed by atoms with E-state index in [-0.39, 0.29) is 5.82 Å². The van der Waals surface area contributed by atoms with E-state index in [1.54, 1.807) is 12.1 Å². The van der Waals surface area contributed by atoms with Crippen molar-refractivity contribution in [2.24, 2.45) is 0 Å². The van der Waals surface area contributed by atoms with Crippen molar-refractivity contribution in [3.05, 3.63) is 60.5 Å². The van der Waals surface area contributed by atoms with Crippen LogP contribution in [0, 0.1) is 5.82 Å². The fraction of sp³-hybridized carbons (Fsp3) is 0.222. The average Bonchev–Trinajstić information content (AvgIpc) is 2.95. The predicted molar refractivity (Wildman–Crippen MR) is 88.3 cm³/mol. The molecule has 1 aliphatic heterocycles. The molecule has 0 unspecified atom stereocenters. The van der Waals surface area contributed by atoms with Crippen LogP contribution in [-0.4, -0.2) is 30.7 Å². The van der Waals surface area contributed by atoms with E-state index in [1.807, 2.05) is 36.4 Å². The summed E-state index contributed by atoms with van der Waals surface area (Å²) in [5.41, 5.74) is 3.15. The molecule has 1 aromatic heterocycles. The van der Waals surface area contributed by atoms with Gasteiger partial charge in [0, 0.05) is 43.4 Å². The normalized spacial score (nSPS) is 15.4. The lowest BCUT2D eigenvalue weighted by molar-refractivity contribution is 0.590. The molecule has 3 nitrogen and oxygen atoms in total. The van der Waals surface area contributed by atoms with Crippen molar-refractivity contribution in [1.29, 1.82) is 0 Å². The molecule has 22 heavy (non-hydrogen) atoms. The molecule has 0 saturated carbocycles. The van der Waals surface area contributed by atoms with Crippen LogP contribution in [0.3, 0.4) is 0 Å². The van der Waals surface area contributed by atoms with Gasteiger partial charge in [0.15, 0.2) is 0 Å². The summed E-state index contributed by atoms with van der Waals surface area (Å²) < 4.78 is 15.8. The molecule has 1 fully saturated rings. The van der Waals surface area contributed by atoms with Crippen molar-refractivity contribution < 1.29 is 4.39 Å². The van der Waals surface area contributed by atoms with Crippen molar-refractivity contribution in [3.8, 4) is 5.69 Å². The van der Waals surface area contributed by atoms with Crippen LogP contribution in [0.25, 0.3) is 16.6 Å². The van der Waals surface area contributed by atoms with E-state index in [1.165, 1.54) is 5.69 Å². The molecule has 4 heteroatoms. The SMILES string of the molecule is Fc1ccc2c(N3CCNCC3)cn(-c3ccccc3)c2c1. The number of benzene rings is 2. The van der Waals surface area contributed by atoms with Gasteiger partial charge >= 0.3 is 0 Å². The van der Waals surface area contributed by atoms with Gasteiger partial charge in [-0.3, -0.25) is 0 Å². The molecule has 1 N–H and O–H groups in total. The van der Waals surface area contributed by atoms with Crippen LogP contribution in [0.4, 0.5) is 10.1 Å². The maximum atomic E-state index is 13.7. The number of aromatic nitrogens is 1. The molecule has 3 aromatic rings. The fourth-order valence-corrected chi connectivity index (χ4v) is 3.14. The quantitative estimate of drug-likeness (QED) is 0.783. The van der Waals surface area contributed by atoms with Gasteiger partial charge in [-0.05, 0) is 30.3 Å². The number of piperazine rings is 1. The fourth-order valence-electron chi connectivity index (χ4n) is 3.14. The van der Waals surface area contributed by atoms with E-state index in [2.05, 4.69) is 21.0 Å². The second-order valence-electron chi connectivity index (χ2n) is 5.62. The number of nitrogens with one attached hydrogen (secondary N) is 1. The van der Waals surface area contributed by atoms with Crippen molar-refractivity contribution >= 4 is 16.6 Å². The highest BCUT2D eigenvalue weighted by molar-refractivity contribution is 5.94. The lowest BCUT2D eigenvalue weighted by Gasteiger charge is -2.28. The van der Waals surface area contributed by atoms with Crippen LogP contribution in [0.5, 0.6) is 0 Å². The number of nitrogens with zero attached hydrogens (tertiary/aromatic N) is 2. The third-order valence-electron chi connectivity index (χ3n) is 4.24. The first-order chi connectivity index (χ1) is 10.8. The Morgan fingerprint density at radius 1 is 0.955 bits per heavy atom. The largest absolute Gasteiger partial charge is 0.367 e. The Hall–Kier alpha value is -2.33. The predicted octanol–water partition coefficient (Wildman–Crippen LogP) is 3.18. The van der Waals surface area contributed by atoms with Gasteiger partial charge in [-0.25, -0.2) is 4.39 Å². The van der Waals surface area contributed by atoms with Gasteiger partial charge in [-0.2, -0.15) is 0 Å². The molecule has 2 aromatic carbocycles. The number of rotatable bonds is 2. The monoisotopic (exact) mass is 295 g/mol. The van der Waals surface area contributed by atoms with Gasteiger partial charge in [0.25, 0.3) is 0 Å². The third kappa shape index (κ3) is 2.25. The maximum absolute atomic E-state index is 13.7. The van der Waals surface area contributed by atoms with Gasteiger partial charge in [-0.1, -0.05) is 18.2 Å². The first-order valence-corrected chi connectivity index (χ1v) is 7.64. The number of anilines is 1. The molecule has 0 aliphatic carbocycles. The molecule has 0 atom stereocenters. The summed E-state index contributed by atoms with van der Waals surface area (Å²) in [7, 11) is 0. The first-order valence-electron chi connectivity index (χ1n) is 7.64. The zero-order valence-electron chi connectivity index (χ0n) is 12.3. The maximum Gasteiger partial charge on any atom is 0.125 e. The van der Waals surface area contributed by atoms with E-state index < -0.39 is 0 Å². The summed E-state index contributed by atoms with van der Waals surface area (Å²) in [5, 5.41) is 4.48. The van der Waals surface area contributed by atoms with E-state index in [9.17, 15) is 4.39 Å². The Labute approximate surface area is 129 Å². The number of hydrogen-bond donors (Lipinski definition) is 1. The molecule has 0 spiro atoms. The van der Waals surface area contributed by atoms with Crippen molar-refractivity contribution in [2.75, 3.05) is 31.1 Å². The second-order valence-corrected chi connectivity index (χ2v) is 5.62. The number of para-hydroxylation sites is 1. The molecule has 0 bridgehead atoms. The van der Waals surface area contributed by atoms with Gasteiger partial charge < -0.3 is 14.8 Å². The van der Waals surface area contributed by atoms with Crippen molar-refractivity contribution in [1.82, 2.24) is 9.88 Å². The third-order valence-corrected chi connectivity index (χ3v) is 4.24. The highest BCUT2D eigenvalue weighted by atomic mass is 19.1. The molecule has 112 valence electrons. The Bertz CT molecular complexity index is 789. The Kier molecular flexibility index (Phi) is 3.31. The minimum Gasteiger partial charge on any atom is -0.367 e. The zero-order chi connectivity index (χ0) is 14.9. The van der Waals surface area contributed by atoms with E-state index in [0.29, 0.717) is 0 Å².